The Balaban J connectivity index is 1.79. The van der Waals surface area contributed by atoms with E-state index in [0.29, 0.717) is 10.9 Å². The summed E-state index contributed by atoms with van der Waals surface area (Å²) in [6.07, 6.45) is 6.32. The Bertz CT molecular complexity index is 584. The Hall–Kier alpha value is -0.990. The number of rotatable bonds is 3. The highest BCUT2D eigenvalue weighted by molar-refractivity contribution is 6.34. The molecule has 2 nitrogen and oxygen atoms in total. The van der Waals surface area contributed by atoms with Crippen LogP contribution in [0.4, 0.5) is 0 Å². The normalized spacial score (nSPS) is 24.9. The molecule has 0 spiro atoms. The van der Waals surface area contributed by atoms with Gasteiger partial charge in [-0.05, 0) is 36.8 Å². The lowest BCUT2D eigenvalue weighted by atomic mass is 9.77. The molecule has 1 atom stereocenters. The minimum absolute atomic E-state index is 0.00345. The number of nitrogens with two attached hydrogens (primary N) is 1. The minimum Gasteiger partial charge on any atom is -0.458 e. The van der Waals surface area contributed by atoms with Gasteiger partial charge in [-0.15, -0.1) is 0 Å². The molecule has 2 aromatic rings. The summed E-state index contributed by atoms with van der Waals surface area (Å²) >= 11 is 6.16. The first-order valence-corrected chi connectivity index (χ1v) is 8.00. The Kier molecular flexibility index (Phi) is 4.04. The molecule has 20 heavy (non-hydrogen) atoms. The predicted octanol–water partition coefficient (Wildman–Crippen LogP) is 5.30. The highest BCUT2D eigenvalue weighted by atomic mass is 35.5. The molecule has 0 amide bonds. The molecule has 0 aliphatic heterocycles. The maximum Gasteiger partial charge on any atom is 0.152 e. The van der Waals surface area contributed by atoms with Crippen LogP contribution in [0.1, 0.15) is 50.8 Å². The van der Waals surface area contributed by atoms with E-state index in [-0.39, 0.29) is 6.04 Å². The summed E-state index contributed by atoms with van der Waals surface area (Å²) in [5, 5.41) is 1.71. The molecule has 0 saturated heterocycles. The van der Waals surface area contributed by atoms with Gasteiger partial charge in [0.2, 0.25) is 0 Å². The minimum atomic E-state index is -0.00345. The van der Waals surface area contributed by atoms with Gasteiger partial charge in [-0.2, -0.15) is 0 Å². The van der Waals surface area contributed by atoms with Crippen molar-refractivity contribution in [3.05, 3.63) is 35.0 Å². The van der Waals surface area contributed by atoms with Crippen molar-refractivity contribution in [1.82, 2.24) is 0 Å². The molecule has 108 valence electrons. The maximum atomic E-state index is 6.43. The molecular weight excluding hydrogens is 270 g/mol. The Morgan fingerprint density at radius 3 is 2.70 bits per heavy atom. The molecule has 1 unspecified atom stereocenters. The fourth-order valence-corrected chi connectivity index (χ4v) is 3.62. The number of hydrogen-bond donors (Lipinski definition) is 1. The van der Waals surface area contributed by atoms with Crippen LogP contribution in [0.3, 0.4) is 0 Å². The molecule has 1 saturated carbocycles. The molecule has 3 rings (SSSR count). The van der Waals surface area contributed by atoms with Gasteiger partial charge in [0.05, 0.1) is 11.1 Å². The molecule has 1 aliphatic carbocycles. The smallest absolute Gasteiger partial charge is 0.152 e. The van der Waals surface area contributed by atoms with Crippen LogP contribution in [0.15, 0.2) is 28.7 Å². The standard InChI is InChI=1S/C17H22ClNO/c1-2-11-6-8-12(9-7-11)16(19)15-10-13-4-3-5-14(18)17(13)20-15/h3-5,10-12,16H,2,6-9,19H2,1H3. The van der Waals surface area contributed by atoms with E-state index in [4.69, 9.17) is 21.8 Å². The third-order valence-electron chi connectivity index (χ3n) is 4.82. The number of benzene rings is 1. The summed E-state index contributed by atoms with van der Waals surface area (Å²) in [4.78, 5) is 0. The molecule has 0 bridgehead atoms. The van der Waals surface area contributed by atoms with E-state index in [0.717, 1.165) is 22.6 Å². The number of hydrogen-bond acceptors (Lipinski definition) is 2. The van der Waals surface area contributed by atoms with Crippen molar-refractivity contribution in [2.24, 2.45) is 17.6 Å². The van der Waals surface area contributed by atoms with Crippen LogP contribution in [0, 0.1) is 11.8 Å². The predicted molar refractivity (Wildman–Crippen MR) is 83.9 cm³/mol. The summed E-state index contributed by atoms with van der Waals surface area (Å²) < 4.78 is 5.91. The second-order valence-electron chi connectivity index (χ2n) is 6.02. The molecule has 1 heterocycles. The third-order valence-corrected chi connectivity index (χ3v) is 5.12. The van der Waals surface area contributed by atoms with Crippen molar-refractivity contribution in [3.63, 3.8) is 0 Å². The van der Waals surface area contributed by atoms with E-state index in [1.807, 2.05) is 18.2 Å². The van der Waals surface area contributed by atoms with Gasteiger partial charge >= 0.3 is 0 Å². The van der Waals surface area contributed by atoms with Gasteiger partial charge in [0.15, 0.2) is 5.58 Å². The number of furan rings is 1. The quantitative estimate of drug-likeness (QED) is 0.833. The lowest BCUT2D eigenvalue weighted by molar-refractivity contribution is 0.227. The summed E-state index contributed by atoms with van der Waals surface area (Å²) in [6.45, 7) is 2.28. The van der Waals surface area contributed by atoms with Crippen molar-refractivity contribution in [3.8, 4) is 0 Å². The molecule has 1 aromatic heterocycles. The number of halogens is 1. The van der Waals surface area contributed by atoms with E-state index in [9.17, 15) is 0 Å². The molecule has 0 radical (unpaired) electrons. The first-order valence-electron chi connectivity index (χ1n) is 7.62. The van der Waals surface area contributed by atoms with Crippen LogP contribution in [0.2, 0.25) is 5.02 Å². The second-order valence-corrected chi connectivity index (χ2v) is 6.43. The van der Waals surface area contributed by atoms with Crippen LogP contribution in [0.25, 0.3) is 11.0 Å². The van der Waals surface area contributed by atoms with E-state index >= 15 is 0 Å². The van der Waals surface area contributed by atoms with Crippen LogP contribution in [-0.2, 0) is 0 Å². The third kappa shape index (κ3) is 2.59. The fourth-order valence-electron chi connectivity index (χ4n) is 3.40. The Morgan fingerprint density at radius 1 is 1.30 bits per heavy atom. The lowest BCUT2D eigenvalue weighted by Crippen LogP contribution is -2.25. The molecular formula is C17H22ClNO. The first kappa shape index (κ1) is 14.0. The zero-order chi connectivity index (χ0) is 14.1. The van der Waals surface area contributed by atoms with Gasteiger partial charge in [-0.1, -0.05) is 49.9 Å². The van der Waals surface area contributed by atoms with Crippen molar-refractivity contribution < 1.29 is 4.42 Å². The van der Waals surface area contributed by atoms with E-state index in [1.165, 1.54) is 32.1 Å². The monoisotopic (exact) mass is 291 g/mol. The van der Waals surface area contributed by atoms with E-state index in [2.05, 4.69) is 13.0 Å². The average molecular weight is 292 g/mol. The average Bonchev–Trinajstić information content (AvgIpc) is 2.92. The number of para-hydroxylation sites is 1. The van der Waals surface area contributed by atoms with Gasteiger partial charge in [0, 0.05) is 5.39 Å². The van der Waals surface area contributed by atoms with Crippen molar-refractivity contribution in [2.75, 3.05) is 0 Å². The summed E-state index contributed by atoms with van der Waals surface area (Å²) in [7, 11) is 0. The second kappa shape index (κ2) is 5.79. The molecule has 1 aromatic carbocycles. The largest absolute Gasteiger partial charge is 0.458 e. The highest BCUT2D eigenvalue weighted by Gasteiger charge is 2.27. The number of fused-ring (bicyclic) bond motifs is 1. The molecule has 1 fully saturated rings. The molecule has 1 aliphatic rings. The van der Waals surface area contributed by atoms with Gasteiger partial charge < -0.3 is 10.2 Å². The van der Waals surface area contributed by atoms with Crippen molar-refractivity contribution >= 4 is 22.6 Å². The summed E-state index contributed by atoms with van der Waals surface area (Å²) in [5.74, 6) is 2.31. The van der Waals surface area contributed by atoms with Gasteiger partial charge in [-0.25, -0.2) is 0 Å². The fraction of sp³-hybridized carbons (Fsp3) is 0.529. The molecule has 2 N–H and O–H groups in total. The van der Waals surface area contributed by atoms with Crippen molar-refractivity contribution in [2.45, 2.75) is 45.1 Å². The zero-order valence-electron chi connectivity index (χ0n) is 11.9. The summed E-state index contributed by atoms with van der Waals surface area (Å²) in [6, 6.07) is 7.88. The summed E-state index contributed by atoms with van der Waals surface area (Å²) in [5.41, 5.74) is 7.20. The lowest BCUT2D eigenvalue weighted by Gasteiger charge is -2.30. The van der Waals surface area contributed by atoms with Crippen molar-refractivity contribution in [1.29, 1.82) is 0 Å². The topological polar surface area (TPSA) is 39.2 Å². The Labute approximate surface area is 125 Å². The van der Waals surface area contributed by atoms with Crippen LogP contribution in [-0.4, -0.2) is 0 Å². The SMILES string of the molecule is CCC1CCC(C(N)c2cc3cccc(Cl)c3o2)CC1. The molecule has 3 heteroatoms. The van der Waals surface area contributed by atoms with Crippen LogP contribution in [0.5, 0.6) is 0 Å². The van der Waals surface area contributed by atoms with Gasteiger partial charge in [-0.3, -0.25) is 0 Å². The van der Waals surface area contributed by atoms with Gasteiger partial charge in [0.25, 0.3) is 0 Å². The first-order chi connectivity index (χ1) is 9.69. The van der Waals surface area contributed by atoms with E-state index in [1.54, 1.807) is 0 Å². The Morgan fingerprint density at radius 2 is 2.05 bits per heavy atom. The van der Waals surface area contributed by atoms with Crippen LogP contribution >= 0.6 is 11.6 Å². The van der Waals surface area contributed by atoms with Gasteiger partial charge in [0.1, 0.15) is 5.76 Å². The van der Waals surface area contributed by atoms with E-state index < -0.39 is 0 Å². The highest BCUT2D eigenvalue weighted by Crippen LogP contribution is 2.38. The zero-order valence-corrected chi connectivity index (χ0v) is 12.7. The maximum absolute atomic E-state index is 6.43. The van der Waals surface area contributed by atoms with Crippen LogP contribution < -0.4 is 5.73 Å².